The number of hydrogen-bond donors (Lipinski definition) is 1. The number of ether oxygens (including phenoxy) is 1. The predicted octanol–water partition coefficient (Wildman–Crippen LogP) is 5.83. The zero-order valence-corrected chi connectivity index (χ0v) is 22.4. The van der Waals surface area contributed by atoms with Gasteiger partial charge in [0, 0.05) is 29.8 Å². The number of imidazole rings is 1. The summed E-state index contributed by atoms with van der Waals surface area (Å²) in [4.78, 5) is 17.6. The number of alkyl halides is 3. The summed E-state index contributed by atoms with van der Waals surface area (Å²) in [5.74, 6) is 2.61. The number of halogens is 3. The molecule has 12 heteroatoms. The van der Waals surface area contributed by atoms with Crippen LogP contribution < -0.4 is 10.1 Å². The zero-order valence-electron chi connectivity index (χ0n) is 22.4. The normalized spacial score (nSPS) is 16.1. The highest BCUT2D eigenvalue weighted by molar-refractivity contribution is 6.11. The van der Waals surface area contributed by atoms with E-state index in [9.17, 15) is 13.2 Å². The van der Waals surface area contributed by atoms with Crippen LogP contribution in [0.5, 0.6) is 5.88 Å². The first kappa shape index (κ1) is 26.0. The lowest BCUT2D eigenvalue weighted by Gasteiger charge is -2.28. The van der Waals surface area contributed by atoms with Crippen LogP contribution in [-0.2, 0) is 19.3 Å². The van der Waals surface area contributed by atoms with E-state index in [0.717, 1.165) is 47.2 Å². The second-order valence-corrected chi connectivity index (χ2v) is 10.1. The van der Waals surface area contributed by atoms with Gasteiger partial charge in [0.1, 0.15) is 29.4 Å². The van der Waals surface area contributed by atoms with Gasteiger partial charge in [-0.2, -0.15) is 18.3 Å². The van der Waals surface area contributed by atoms with Gasteiger partial charge in [0.05, 0.1) is 31.6 Å². The number of nitrogens with zero attached hydrogens (tertiary/aromatic N) is 7. The Kier molecular flexibility index (Phi) is 6.55. The standard InChI is InChI=1S/C28H29F3N8O/c1-4-38-14-21(28(29,30)31)36-25(38)19-10-8-17(9-11-19)16(2)39-26-20(13-35-39)12-32-24(37-26)22-23(18-6-5-7-18)33-15-34-27(22)40-3/h8-11,13-16,18H,4-7,12H2,1-3H3,(H,32,37)/t16-/m0/s1. The molecule has 3 aromatic heterocycles. The predicted molar refractivity (Wildman–Crippen MR) is 143 cm³/mol. The van der Waals surface area contributed by atoms with Gasteiger partial charge in [-0.1, -0.05) is 30.7 Å². The first-order valence-corrected chi connectivity index (χ1v) is 13.3. The van der Waals surface area contributed by atoms with Gasteiger partial charge >= 0.3 is 6.18 Å². The third-order valence-electron chi connectivity index (χ3n) is 7.71. The van der Waals surface area contributed by atoms with E-state index in [-0.39, 0.29) is 11.9 Å². The molecular weight excluding hydrogens is 521 g/mol. The van der Waals surface area contributed by atoms with Gasteiger partial charge in [-0.15, -0.1) is 0 Å². The van der Waals surface area contributed by atoms with Gasteiger partial charge in [-0.05, 0) is 32.3 Å². The lowest BCUT2D eigenvalue weighted by molar-refractivity contribution is -0.140. The zero-order chi connectivity index (χ0) is 28.0. The molecule has 0 radical (unpaired) electrons. The van der Waals surface area contributed by atoms with Gasteiger partial charge in [0.2, 0.25) is 5.88 Å². The van der Waals surface area contributed by atoms with Gasteiger partial charge in [-0.25, -0.2) is 19.6 Å². The van der Waals surface area contributed by atoms with Crippen LogP contribution in [-0.4, -0.2) is 42.2 Å². The van der Waals surface area contributed by atoms with Crippen LogP contribution in [0.1, 0.15) is 73.1 Å². The van der Waals surface area contributed by atoms with E-state index in [4.69, 9.17) is 9.73 Å². The Labute approximate surface area is 229 Å². The van der Waals surface area contributed by atoms with Crippen molar-refractivity contribution in [2.24, 2.45) is 4.99 Å². The maximum absolute atomic E-state index is 13.2. The quantitative estimate of drug-likeness (QED) is 0.311. The molecule has 4 heterocycles. The van der Waals surface area contributed by atoms with Gasteiger partial charge in [0.15, 0.2) is 5.69 Å². The summed E-state index contributed by atoms with van der Waals surface area (Å²) in [6, 6.07) is 7.23. The fourth-order valence-electron chi connectivity index (χ4n) is 5.23. The van der Waals surface area contributed by atoms with Crippen molar-refractivity contribution >= 4 is 11.7 Å². The van der Waals surface area contributed by atoms with Crippen molar-refractivity contribution in [3.05, 3.63) is 71.1 Å². The number of aryl methyl sites for hydroxylation is 1. The molecule has 1 N–H and O–H groups in total. The number of amidine groups is 1. The van der Waals surface area contributed by atoms with Crippen molar-refractivity contribution in [2.75, 3.05) is 12.4 Å². The molecular formula is C28H29F3N8O. The Morgan fingerprint density at radius 3 is 2.58 bits per heavy atom. The van der Waals surface area contributed by atoms with E-state index in [1.807, 2.05) is 23.7 Å². The molecule has 0 bridgehead atoms. The van der Waals surface area contributed by atoms with E-state index in [2.05, 4.69) is 25.4 Å². The number of rotatable bonds is 7. The van der Waals surface area contributed by atoms with E-state index in [1.165, 1.54) is 17.3 Å². The molecule has 1 saturated carbocycles. The summed E-state index contributed by atoms with van der Waals surface area (Å²) in [7, 11) is 1.60. The third-order valence-corrected chi connectivity index (χ3v) is 7.71. The minimum atomic E-state index is -4.49. The topological polar surface area (TPSA) is 95.0 Å². The van der Waals surface area contributed by atoms with Crippen LogP contribution in [0.2, 0.25) is 0 Å². The summed E-state index contributed by atoms with van der Waals surface area (Å²) in [6.07, 6.45) is 3.22. The average molecular weight is 551 g/mol. The summed E-state index contributed by atoms with van der Waals surface area (Å²) < 4.78 is 48.7. The second-order valence-electron chi connectivity index (χ2n) is 10.1. The first-order valence-electron chi connectivity index (χ1n) is 13.3. The molecule has 1 aliphatic carbocycles. The summed E-state index contributed by atoms with van der Waals surface area (Å²) >= 11 is 0. The molecule has 0 unspecified atom stereocenters. The number of anilines is 1. The Morgan fingerprint density at radius 1 is 1.15 bits per heavy atom. The molecule has 2 aliphatic rings. The van der Waals surface area contributed by atoms with Crippen LogP contribution in [0.3, 0.4) is 0 Å². The van der Waals surface area contributed by atoms with Crippen LogP contribution in [0.25, 0.3) is 11.4 Å². The van der Waals surface area contributed by atoms with Crippen molar-refractivity contribution in [1.82, 2.24) is 29.3 Å². The molecule has 9 nitrogen and oxygen atoms in total. The summed E-state index contributed by atoms with van der Waals surface area (Å²) in [5, 5.41) is 8.12. The van der Waals surface area contributed by atoms with Crippen LogP contribution >= 0.6 is 0 Å². The van der Waals surface area contributed by atoms with E-state index in [1.54, 1.807) is 32.4 Å². The van der Waals surface area contributed by atoms with Crippen LogP contribution in [0.15, 0.2) is 48.0 Å². The average Bonchev–Trinajstić information content (AvgIpc) is 3.56. The number of aliphatic imine (C=N–C) groups is 1. The maximum atomic E-state index is 13.2. The number of benzene rings is 1. The number of aromatic nitrogens is 6. The van der Waals surface area contributed by atoms with Gasteiger partial charge < -0.3 is 14.6 Å². The molecule has 1 aliphatic heterocycles. The highest BCUT2D eigenvalue weighted by Gasteiger charge is 2.35. The van der Waals surface area contributed by atoms with Gasteiger partial charge in [0.25, 0.3) is 0 Å². The van der Waals surface area contributed by atoms with Crippen molar-refractivity contribution in [1.29, 1.82) is 0 Å². The monoisotopic (exact) mass is 550 g/mol. The summed E-state index contributed by atoms with van der Waals surface area (Å²) in [5.41, 5.74) is 3.36. The highest BCUT2D eigenvalue weighted by Crippen LogP contribution is 2.40. The lowest BCUT2D eigenvalue weighted by atomic mass is 9.81. The number of methoxy groups -OCH3 is 1. The molecule has 0 spiro atoms. The summed E-state index contributed by atoms with van der Waals surface area (Å²) in [6.45, 7) is 4.65. The number of hydrogen-bond acceptors (Lipinski definition) is 7. The van der Waals surface area contributed by atoms with Crippen molar-refractivity contribution < 1.29 is 17.9 Å². The minimum Gasteiger partial charge on any atom is -0.480 e. The van der Waals surface area contributed by atoms with Crippen LogP contribution in [0.4, 0.5) is 19.0 Å². The Balaban J connectivity index is 1.28. The first-order chi connectivity index (χ1) is 19.3. The molecule has 1 atom stereocenters. The van der Waals surface area contributed by atoms with Crippen molar-refractivity contribution in [3.8, 4) is 17.3 Å². The molecule has 40 heavy (non-hydrogen) atoms. The second kappa shape index (κ2) is 10.1. The fraction of sp³-hybridized carbons (Fsp3) is 0.393. The van der Waals surface area contributed by atoms with Crippen molar-refractivity contribution in [3.63, 3.8) is 0 Å². The molecule has 1 fully saturated rings. The molecule has 208 valence electrons. The number of fused-ring (bicyclic) bond motifs is 1. The third kappa shape index (κ3) is 4.50. The highest BCUT2D eigenvalue weighted by atomic mass is 19.4. The molecule has 4 aromatic rings. The molecule has 0 amide bonds. The molecule has 0 saturated heterocycles. The van der Waals surface area contributed by atoms with Crippen molar-refractivity contribution in [2.45, 2.75) is 64.3 Å². The van der Waals surface area contributed by atoms with E-state index >= 15 is 0 Å². The van der Waals surface area contributed by atoms with Gasteiger partial charge in [-0.3, -0.25) is 4.99 Å². The SMILES string of the molecule is CCn1cc(C(F)(F)F)nc1-c1ccc([C@H](C)n2ncc3c2NC(c2c(OC)ncnc2C2CCC2)=NC3)cc1. The molecule has 1 aromatic carbocycles. The maximum Gasteiger partial charge on any atom is 0.434 e. The Morgan fingerprint density at radius 2 is 1.93 bits per heavy atom. The van der Waals surface area contributed by atoms with E-state index < -0.39 is 11.9 Å². The Hall–Kier alpha value is -4.22. The fourth-order valence-corrected chi connectivity index (χ4v) is 5.23. The number of nitrogens with one attached hydrogen (secondary N) is 1. The smallest absolute Gasteiger partial charge is 0.434 e. The van der Waals surface area contributed by atoms with Crippen LogP contribution in [0, 0.1) is 0 Å². The molecule has 6 rings (SSSR count). The van der Waals surface area contributed by atoms with E-state index in [0.29, 0.717) is 36.3 Å². The Bertz CT molecular complexity index is 1570. The lowest BCUT2D eigenvalue weighted by Crippen LogP contribution is -2.26. The minimum absolute atomic E-state index is 0.165. The largest absolute Gasteiger partial charge is 0.480 e.